The van der Waals surface area contributed by atoms with Crippen LogP contribution in [0.4, 0.5) is 0 Å². The Hall–Kier alpha value is -2.33. The van der Waals surface area contributed by atoms with Gasteiger partial charge in [-0.05, 0) is 79.1 Å². The third kappa shape index (κ3) is 2.60. The molecule has 26 heavy (non-hydrogen) atoms. The van der Waals surface area contributed by atoms with Crippen molar-refractivity contribution in [2.75, 3.05) is 6.61 Å². The van der Waals surface area contributed by atoms with E-state index in [0.29, 0.717) is 13.0 Å². The van der Waals surface area contributed by atoms with E-state index >= 15 is 0 Å². The lowest BCUT2D eigenvalue weighted by Gasteiger charge is -2.24. The molecule has 0 bridgehead atoms. The molecule has 4 heteroatoms. The summed E-state index contributed by atoms with van der Waals surface area (Å²) >= 11 is 0. The number of imidazole rings is 1. The van der Waals surface area contributed by atoms with Crippen LogP contribution >= 0.6 is 0 Å². The Labute approximate surface area is 153 Å². The van der Waals surface area contributed by atoms with Crippen LogP contribution in [0.15, 0.2) is 36.7 Å². The molecule has 2 aromatic carbocycles. The van der Waals surface area contributed by atoms with E-state index < -0.39 is 6.10 Å². The van der Waals surface area contributed by atoms with Gasteiger partial charge in [0.05, 0.1) is 29.5 Å². The number of ether oxygens (including phenoxy) is 1. The van der Waals surface area contributed by atoms with E-state index in [1.165, 1.54) is 47.9 Å². The average Bonchev–Trinajstić information content (AvgIpc) is 3.07. The van der Waals surface area contributed by atoms with Crippen LogP contribution in [0, 0.1) is 0 Å². The van der Waals surface area contributed by atoms with Crippen molar-refractivity contribution >= 4 is 11.0 Å². The van der Waals surface area contributed by atoms with Gasteiger partial charge in [0.2, 0.25) is 0 Å². The number of benzene rings is 2. The van der Waals surface area contributed by atoms with Crippen molar-refractivity contribution in [3.05, 3.63) is 58.9 Å². The first-order chi connectivity index (χ1) is 12.7. The minimum absolute atomic E-state index is 0.186. The number of rotatable bonds is 2. The maximum absolute atomic E-state index is 9.88. The Morgan fingerprint density at radius 2 is 1.92 bits per heavy atom. The first-order valence-corrected chi connectivity index (χ1v) is 9.61. The Balaban J connectivity index is 1.54. The second kappa shape index (κ2) is 6.13. The van der Waals surface area contributed by atoms with E-state index in [9.17, 15) is 5.11 Å². The molecule has 134 valence electrons. The van der Waals surface area contributed by atoms with Crippen LogP contribution in [0.25, 0.3) is 11.0 Å². The lowest BCUT2D eigenvalue weighted by molar-refractivity contribution is 0.0920. The standard InChI is InChI=1S/C22H24N2O2/c1-14(15-6-7-22-18(8-15)9-19(25)12-26-22)24-13-23-20-10-16-4-2-3-5-17(16)11-21(20)24/h6-8,10-11,13-14,19,25H,2-5,9,12H2,1H3. The maximum Gasteiger partial charge on any atom is 0.122 e. The molecule has 0 radical (unpaired) electrons. The molecular formula is C22H24N2O2. The largest absolute Gasteiger partial charge is 0.491 e. The lowest BCUT2D eigenvalue weighted by atomic mass is 9.91. The van der Waals surface area contributed by atoms with E-state index in [1.807, 2.05) is 12.4 Å². The van der Waals surface area contributed by atoms with Gasteiger partial charge in [-0.1, -0.05) is 6.07 Å². The van der Waals surface area contributed by atoms with E-state index in [0.717, 1.165) is 16.8 Å². The predicted molar refractivity (Wildman–Crippen MR) is 102 cm³/mol. The third-order valence-electron chi connectivity index (χ3n) is 5.91. The van der Waals surface area contributed by atoms with Crippen molar-refractivity contribution in [1.82, 2.24) is 9.55 Å². The number of fused-ring (bicyclic) bond motifs is 3. The number of hydrogen-bond acceptors (Lipinski definition) is 3. The molecule has 2 unspecified atom stereocenters. The third-order valence-corrected chi connectivity index (χ3v) is 5.91. The number of nitrogens with zero attached hydrogens (tertiary/aromatic N) is 2. The Kier molecular flexibility index (Phi) is 3.75. The summed E-state index contributed by atoms with van der Waals surface area (Å²) in [5.41, 5.74) is 7.58. The van der Waals surface area contributed by atoms with Crippen molar-refractivity contribution < 1.29 is 9.84 Å². The first-order valence-electron chi connectivity index (χ1n) is 9.61. The van der Waals surface area contributed by atoms with E-state index in [2.05, 4.69) is 40.7 Å². The van der Waals surface area contributed by atoms with Gasteiger partial charge in [-0.15, -0.1) is 0 Å². The van der Waals surface area contributed by atoms with Crippen LogP contribution in [-0.2, 0) is 19.3 Å². The number of aliphatic hydroxyl groups is 1. The van der Waals surface area contributed by atoms with Crippen LogP contribution in [0.1, 0.15) is 48.1 Å². The first kappa shape index (κ1) is 15.9. The van der Waals surface area contributed by atoms with Gasteiger partial charge in [0.1, 0.15) is 12.4 Å². The predicted octanol–water partition coefficient (Wildman–Crippen LogP) is 3.82. The Morgan fingerprint density at radius 1 is 1.12 bits per heavy atom. The molecule has 1 aliphatic carbocycles. The second-order valence-corrected chi connectivity index (χ2v) is 7.68. The highest BCUT2D eigenvalue weighted by atomic mass is 16.5. The van der Waals surface area contributed by atoms with Gasteiger partial charge in [-0.3, -0.25) is 0 Å². The molecular weight excluding hydrogens is 324 g/mol. The average molecular weight is 348 g/mol. The topological polar surface area (TPSA) is 47.3 Å². The number of aliphatic hydroxyl groups excluding tert-OH is 1. The molecule has 0 saturated heterocycles. The number of hydrogen-bond donors (Lipinski definition) is 1. The zero-order valence-corrected chi connectivity index (χ0v) is 15.1. The summed E-state index contributed by atoms with van der Waals surface area (Å²) in [6, 6.07) is 11.2. The fraction of sp³-hybridized carbons (Fsp3) is 0.409. The normalized spacial score (nSPS) is 20.3. The zero-order valence-electron chi connectivity index (χ0n) is 15.1. The second-order valence-electron chi connectivity index (χ2n) is 7.68. The molecule has 1 aromatic heterocycles. The summed E-state index contributed by atoms with van der Waals surface area (Å²) in [5.74, 6) is 0.899. The van der Waals surface area contributed by atoms with Gasteiger partial charge in [0, 0.05) is 6.42 Å². The molecule has 0 spiro atoms. The smallest absolute Gasteiger partial charge is 0.122 e. The summed E-state index contributed by atoms with van der Waals surface area (Å²) in [5, 5.41) is 9.88. The van der Waals surface area contributed by atoms with Crippen LogP contribution in [0.3, 0.4) is 0 Å². The summed E-state index contributed by atoms with van der Waals surface area (Å²) in [4.78, 5) is 4.67. The summed E-state index contributed by atoms with van der Waals surface area (Å²) < 4.78 is 7.89. The quantitative estimate of drug-likeness (QED) is 0.766. The minimum Gasteiger partial charge on any atom is -0.491 e. The van der Waals surface area contributed by atoms with Gasteiger partial charge in [-0.25, -0.2) is 4.98 Å². The minimum atomic E-state index is -0.409. The molecule has 1 N–H and O–H groups in total. The van der Waals surface area contributed by atoms with Crippen molar-refractivity contribution in [3.63, 3.8) is 0 Å². The van der Waals surface area contributed by atoms with Gasteiger partial charge in [0.15, 0.2) is 0 Å². The highest BCUT2D eigenvalue weighted by Gasteiger charge is 2.20. The fourth-order valence-electron chi connectivity index (χ4n) is 4.38. The summed E-state index contributed by atoms with van der Waals surface area (Å²) in [6.45, 7) is 2.60. The van der Waals surface area contributed by atoms with Crippen molar-refractivity contribution in [3.8, 4) is 5.75 Å². The van der Waals surface area contributed by atoms with Gasteiger partial charge < -0.3 is 14.4 Å². The Morgan fingerprint density at radius 3 is 2.77 bits per heavy atom. The van der Waals surface area contributed by atoms with Crippen molar-refractivity contribution in [2.45, 2.75) is 51.2 Å². The summed E-state index contributed by atoms with van der Waals surface area (Å²) in [7, 11) is 0. The SMILES string of the molecule is CC(c1ccc2c(c1)CC(O)CO2)n1cnc2cc3c(cc21)CCCC3. The Bertz CT molecular complexity index is 976. The fourth-order valence-corrected chi connectivity index (χ4v) is 4.38. The highest BCUT2D eigenvalue weighted by Crippen LogP contribution is 2.32. The molecule has 1 aliphatic heterocycles. The van der Waals surface area contributed by atoms with Crippen LogP contribution < -0.4 is 4.74 Å². The van der Waals surface area contributed by atoms with Gasteiger partial charge >= 0.3 is 0 Å². The maximum atomic E-state index is 9.88. The molecule has 2 atom stereocenters. The van der Waals surface area contributed by atoms with E-state index in [-0.39, 0.29) is 6.04 Å². The van der Waals surface area contributed by atoms with Crippen LogP contribution in [-0.4, -0.2) is 27.4 Å². The van der Waals surface area contributed by atoms with Gasteiger partial charge in [0.25, 0.3) is 0 Å². The molecule has 5 rings (SSSR count). The lowest BCUT2D eigenvalue weighted by Crippen LogP contribution is -2.25. The molecule has 2 heterocycles. The molecule has 0 saturated carbocycles. The van der Waals surface area contributed by atoms with E-state index in [4.69, 9.17) is 4.74 Å². The number of aryl methyl sites for hydroxylation is 2. The highest BCUT2D eigenvalue weighted by molar-refractivity contribution is 5.78. The molecule has 0 amide bonds. The monoisotopic (exact) mass is 348 g/mol. The van der Waals surface area contributed by atoms with Crippen LogP contribution in [0.5, 0.6) is 5.75 Å². The van der Waals surface area contributed by atoms with Crippen molar-refractivity contribution in [1.29, 1.82) is 0 Å². The molecule has 0 fully saturated rings. The molecule has 4 nitrogen and oxygen atoms in total. The van der Waals surface area contributed by atoms with Gasteiger partial charge in [-0.2, -0.15) is 0 Å². The molecule has 2 aliphatic rings. The van der Waals surface area contributed by atoms with E-state index in [1.54, 1.807) is 0 Å². The zero-order chi connectivity index (χ0) is 17.7. The number of aromatic nitrogens is 2. The summed E-state index contributed by atoms with van der Waals surface area (Å²) in [6.07, 6.45) is 7.15. The van der Waals surface area contributed by atoms with Crippen LogP contribution in [0.2, 0.25) is 0 Å². The van der Waals surface area contributed by atoms with Crippen molar-refractivity contribution in [2.24, 2.45) is 0 Å². The molecule has 3 aromatic rings.